The molecule has 0 saturated carbocycles. The summed E-state index contributed by atoms with van der Waals surface area (Å²) in [6.07, 6.45) is 5.22. The summed E-state index contributed by atoms with van der Waals surface area (Å²) >= 11 is 0. The first-order valence-electron chi connectivity index (χ1n) is 43.4. The molecule has 3 heterocycles. The van der Waals surface area contributed by atoms with E-state index in [2.05, 4.69) is 47.5 Å². The van der Waals surface area contributed by atoms with Gasteiger partial charge in [-0.1, -0.05) is 76.7 Å². The Kier molecular flexibility index (Phi) is 60.2. The number of fused-ring (bicyclic) bond motifs is 4. The van der Waals surface area contributed by atoms with Crippen molar-refractivity contribution < 1.29 is 121 Å². The van der Waals surface area contributed by atoms with Gasteiger partial charge in [0.25, 0.3) is 0 Å². The number of aromatic nitrogens is 1. The van der Waals surface area contributed by atoms with E-state index in [9.17, 15) is 39.0 Å². The number of Topliss-reactive ketones (excluding diaryl/α,β-unsaturated/α-hetero) is 3. The molecule has 3 aliphatic rings. The van der Waals surface area contributed by atoms with Crippen LogP contribution in [0.4, 0.5) is 11.4 Å². The standard InChI is InChI=1S/C38H55N7O11.C31H41N3O7.C24H22N2O3.C2H6N2.CH3.Pt/c39-44-42-11-15-51-19-23-55-27-25-53-21-17-49-13-1-3-36(46)33-29-34(31-35(30-33)38(48)6-5-32-7-9-41-10-8-32)37(47)4-2-14-50-18-22-54-26-28-56-24-20-52-16-12-43-45-40;1-25(35)32-15-17-39-19-21-41-23-22-40-20-18-38-16-13-30(36)33-14-12-31(37)34-24-28-8-3-2-6-26(28)10-11-27-7-4-5-9-29(27)34;1-25(2)15-9-11-19-21(13-15)29-22-14-16(26(3)4)10-12-20(22)23(19)17-7-5-6-8-18(17)24(27)28;3-1-2-4;;/h7-10,29-31H,1-6,11-28H2;2-9,31,37H,12-24H2,1H3,(H,32,35)(H,33,36);5-14H,1-4H3;3-4H,1-2H2;1H3;/q;;;-2;-1;. The van der Waals surface area contributed by atoms with Crippen LogP contribution in [0.2, 0.25) is 0 Å². The Bertz CT molecular complexity index is 4830. The molecule has 9 rings (SSSR count). The summed E-state index contributed by atoms with van der Waals surface area (Å²) in [4.78, 5) is 87.7. The summed E-state index contributed by atoms with van der Waals surface area (Å²) in [5, 5.41) is 37.0. The van der Waals surface area contributed by atoms with Crippen molar-refractivity contribution in [2.24, 2.45) is 10.2 Å². The molecule has 0 bridgehead atoms. The van der Waals surface area contributed by atoms with Gasteiger partial charge in [-0.05, 0) is 114 Å². The number of pyridine rings is 1. The molecule has 720 valence electrons. The number of nitrogens with zero attached hydrogens (tertiary/aromatic N) is 10. The normalized spacial score (nSPS) is 11.2. The summed E-state index contributed by atoms with van der Waals surface area (Å²) in [5.41, 5.74) is 38.8. The number of ether oxygens (including phenoxy) is 12. The van der Waals surface area contributed by atoms with E-state index in [1.807, 2.05) is 152 Å². The number of aromatic carboxylic acids is 1. The second kappa shape index (κ2) is 70.0. The summed E-state index contributed by atoms with van der Waals surface area (Å²) in [6, 6.07) is 43.0. The molecule has 5 aromatic carbocycles. The molecule has 35 nitrogen and oxygen atoms in total. The average molecular weight is 2010 g/mol. The minimum atomic E-state index is -1.20. The van der Waals surface area contributed by atoms with Crippen molar-refractivity contribution in [2.75, 3.05) is 236 Å². The third-order valence-electron chi connectivity index (χ3n) is 19.2. The van der Waals surface area contributed by atoms with Gasteiger partial charge in [0.05, 0.1) is 163 Å². The van der Waals surface area contributed by atoms with E-state index in [0.717, 1.165) is 55.5 Å². The smallest absolute Gasteiger partial charge is 0.222 e. The molecular formula is C96H127N14O21Pt-3. The number of carboxylic acid groups (broad SMARTS) is 1. The van der Waals surface area contributed by atoms with Crippen LogP contribution in [-0.4, -0.2) is 277 Å². The predicted octanol–water partition coefficient (Wildman–Crippen LogP) is 11.6. The van der Waals surface area contributed by atoms with Gasteiger partial charge in [-0.3, -0.25) is 29.0 Å². The van der Waals surface area contributed by atoms with Crippen LogP contribution < -0.4 is 35.5 Å². The van der Waals surface area contributed by atoms with Crippen molar-refractivity contribution in [3.8, 4) is 34.3 Å². The van der Waals surface area contributed by atoms with Gasteiger partial charge in [-0.25, -0.2) is 4.58 Å². The van der Waals surface area contributed by atoms with Crippen molar-refractivity contribution in [2.45, 2.75) is 71.1 Å². The van der Waals surface area contributed by atoms with Crippen LogP contribution in [0.25, 0.3) is 65.8 Å². The predicted molar refractivity (Wildman–Crippen MR) is 499 cm³/mol. The molecule has 0 saturated heterocycles. The number of aliphatic hydroxyl groups is 1. The average Bonchev–Trinajstić information content (AvgIpc) is 0.745. The zero-order chi connectivity index (χ0) is 93.4. The first kappa shape index (κ1) is 114. The first-order valence-corrected chi connectivity index (χ1v) is 43.4. The maximum atomic E-state index is 13.2. The number of benzene rings is 6. The van der Waals surface area contributed by atoms with E-state index < -0.39 is 12.2 Å². The fourth-order valence-electron chi connectivity index (χ4n) is 12.5. The molecule has 1 atom stereocenters. The van der Waals surface area contributed by atoms with E-state index in [4.69, 9.17) is 83.8 Å². The van der Waals surface area contributed by atoms with Gasteiger partial charge < -0.3 is 116 Å². The fourth-order valence-corrected chi connectivity index (χ4v) is 12.5. The molecule has 132 heavy (non-hydrogen) atoms. The number of carboxylic acids is 1. The van der Waals surface area contributed by atoms with Gasteiger partial charge in [0, 0.05) is 210 Å². The van der Waals surface area contributed by atoms with Crippen LogP contribution in [0.15, 0.2) is 167 Å². The van der Waals surface area contributed by atoms with Gasteiger partial charge in [0.15, 0.2) is 17.3 Å². The largest absolute Gasteiger partial charge is 0.679 e. The number of carbonyl (C=O) groups excluding carboxylic acids is 6. The molecule has 0 fully saturated rings. The molecule has 1 aromatic heterocycles. The maximum absolute atomic E-state index is 13.2. The fraction of sp³-hybridized carbons (Fsp3) is 0.469. The molecule has 5 N–H and O–H groups in total. The van der Waals surface area contributed by atoms with E-state index in [1.165, 1.54) is 6.92 Å². The van der Waals surface area contributed by atoms with E-state index in [0.29, 0.717) is 237 Å². The Balaban J connectivity index is 0.000000420. The van der Waals surface area contributed by atoms with Crippen molar-refractivity contribution in [1.82, 2.24) is 20.2 Å². The number of anilines is 2. The van der Waals surface area contributed by atoms with Crippen molar-refractivity contribution in [3.05, 3.63) is 242 Å². The number of amides is 2. The van der Waals surface area contributed by atoms with E-state index in [-0.39, 0.29) is 115 Å². The number of azide groups is 2. The summed E-state index contributed by atoms with van der Waals surface area (Å²) in [6.45, 7) is 13.4. The molecule has 0 radical (unpaired) electrons. The molecule has 1 aliphatic carbocycles. The van der Waals surface area contributed by atoms with Gasteiger partial charge in [-0.2, -0.15) is 13.1 Å². The monoisotopic (exact) mass is 2010 g/mol. The third-order valence-corrected chi connectivity index (χ3v) is 19.2. The number of aliphatic hydroxyl groups excluding tert-OH is 1. The van der Waals surface area contributed by atoms with Crippen LogP contribution in [0.1, 0.15) is 116 Å². The van der Waals surface area contributed by atoms with Gasteiger partial charge >= 0.3 is 0 Å². The molecule has 2 amide bonds. The molecule has 1 unspecified atom stereocenters. The number of carbonyl (C=O) groups is 6. The number of hydrogen-bond donors (Lipinski definition) is 3. The van der Waals surface area contributed by atoms with Gasteiger partial charge in [0.1, 0.15) is 31.7 Å². The minimum Gasteiger partial charge on any atom is -0.679 e. The zero-order valence-electron chi connectivity index (χ0n) is 76.5. The Hall–Kier alpha value is -10.8. The minimum absolute atomic E-state index is 0. The van der Waals surface area contributed by atoms with Crippen molar-refractivity contribution in [1.29, 1.82) is 0 Å². The number of hydrogen-bond acceptors (Lipinski definition) is 26. The van der Waals surface area contributed by atoms with Crippen LogP contribution in [-0.2, 0) is 100 Å². The molecule has 6 aromatic rings. The second-order valence-corrected chi connectivity index (χ2v) is 29.3. The quantitative estimate of drug-likeness (QED) is 0.00367. The van der Waals surface area contributed by atoms with Crippen LogP contribution in [0, 0.1) is 19.3 Å². The second-order valence-electron chi connectivity index (χ2n) is 29.3. The SMILES string of the molecule is CC(=O)NCCOCCOCCOCCOCCC(=O)NCCC(O)N1Cc2ccccc2C#Cc2ccccc21.CN(C)c1ccc2c(-c3ccccc3C(=O)[O-])c3ccc(=[N+](C)C)cc-3oc2c1.[CH3-].[N-]=[N+]=NCCOCCOCCOCCOCCCC(=O)c1cc(C(=O)CCCOCCOCCOCCOCCN=[N+]=[N-])cc(C(=O)CCc2ccncc2)c1.[NH-]CC[NH-].[Pt]. The van der Waals surface area contributed by atoms with Crippen LogP contribution in [0.3, 0.4) is 0 Å². The van der Waals surface area contributed by atoms with Crippen LogP contribution in [0.5, 0.6) is 0 Å². The summed E-state index contributed by atoms with van der Waals surface area (Å²) in [7, 11) is 7.88. The maximum Gasteiger partial charge on any atom is 0.222 e. The molecule has 2 aliphatic heterocycles. The Morgan fingerprint density at radius 1 is 0.553 bits per heavy atom. The Morgan fingerprint density at radius 2 is 1.02 bits per heavy atom. The number of nitrogens with one attached hydrogen (secondary N) is 4. The Labute approximate surface area is 787 Å². The summed E-state index contributed by atoms with van der Waals surface area (Å²) < 4.78 is 73.4. The van der Waals surface area contributed by atoms with Crippen molar-refractivity contribution in [3.63, 3.8) is 0 Å². The third kappa shape index (κ3) is 45.6. The molecular weight excluding hydrogens is 1880 g/mol. The molecule has 36 heteroatoms. The molecule has 0 spiro atoms. The summed E-state index contributed by atoms with van der Waals surface area (Å²) in [5.74, 6) is 5.26. The number of rotatable bonds is 61. The number of para-hydroxylation sites is 1. The van der Waals surface area contributed by atoms with Gasteiger partial charge in [-0.15, -0.1) is 0 Å². The topological polar surface area (TPSA) is 461 Å². The van der Waals surface area contributed by atoms with Crippen LogP contribution >= 0.6 is 0 Å². The zero-order valence-corrected chi connectivity index (χ0v) is 78.8. The van der Waals surface area contributed by atoms with E-state index >= 15 is 0 Å². The van der Waals surface area contributed by atoms with E-state index in [1.54, 1.807) is 42.7 Å². The number of aryl methyl sites for hydroxylation is 1. The first-order chi connectivity index (χ1) is 63.4. The van der Waals surface area contributed by atoms with Gasteiger partial charge in [0.2, 0.25) is 17.2 Å². The van der Waals surface area contributed by atoms with Crippen molar-refractivity contribution >= 4 is 57.5 Å². The Morgan fingerprint density at radius 3 is 1.53 bits per heavy atom. The number of ketones is 3.